The second-order valence-corrected chi connectivity index (χ2v) is 4.82. The van der Waals surface area contributed by atoms with E-state index in [1.165, 1.54) is 11.1 Å². The van der Waals surface area contributed by atoms with Crippen molar-refractivity contribution in [1.82, 2.24) is 4.90 Å². The third kappa shape index (κ3) is 2.71. The van der Waals surface area contributed by atoms with Gasteiger partial charge in [0.15, 0.2) is 0 Å². The van der Waals surface area contributed by atoms with Gasteiger partial charge in [-0.05, 0) is 30.2 Å². The van der Waals surface area contributed by atoms with Crippen LogP contribution in [-0.4, -0.2) is 29.7 Å². The van der Waals surface area contributed by atoms with E-state index in [4.69, 9.17) is 16.7 Å². The Hall–Kier alpha value is -0.570. The number of hydrogen-bond donors (Lipinski definition) is 1. The Labute approximate surface area is 95.5 Å². The summed E-state index contributed by atoms with van der Waals surface area (Å²) < 4.78 is 0. The Bertz CT molecular complexity index is 327. The summed E-state index contributed by atoms with van der Waals surface area (Å²) in [5, 5.41) is 9.72. The van der Waals surface area contributed by atoms with Gasteiger partial charge in [0.2, 0.25) is 0 Å². The summed E-state index contributed by atoms with van der Waals surface area (Å²) >= 11 is 5.99. The maximum atomic E-state index is 8.91. The zero-order chi connectivity index (χ0) is 10.8. The van der Waals surface area contributed by atoms with Crippen LogP contribution in [0.3, 0.4) is 0 Å². The Morgan fingerprint density at radius 2 is 2.13 bits per heavy atom. The van der Waals surface area contributed by atoms with Crippen molar-refractivity contribution < 1.29 is 5.11 Å². The highest BCUT2D eigenvalue weighted by atomic mass is 35.5. The number of aryl methyl sites for hydroxylation is 1. The van der Waals surface area contributed by atoms with E-state index in [1.54, 1.807) is 0 Å². The average molecular weight is 226 g/mol. The number of rotatable bonds is 3. The molecule has 0 amide bonds. The molecule has 2 rings (SSSR count). The highest BCUT2D eigenvalue weighted by Crippen LogP contribution is 2.21. The molecule has 0 bridgehead atoms. The molecule has 0 spiro atoms. The topological polar surface area (TPSA) is 23.5 Å². The number of aliphatic hydroxyl groups excluding tert-OH is 1. The molecule has 82 valence electrons. The number of benzene rings is 1. The van der Waals surface area contributed by atoms with E-state index >= 15 is 0 Å². The third-order valence-corrected chi connectivity index (χ3v) is 3.02. The summed E-state index contributed by atoms with van der Waals surface area (Å²) in [5.74, 6) is 0.477. The van der Waals surface area contributed by atoms with Crippen LogP contribution in [0.2, 0.25) is 5.02 Å². The van der Waals surface area contributed by atoms with Crippen LogP contribution in [0.1, 0.15) is 11.1 Å². The van der Waals surface area contributed by atoms with Crippen molar-refractivity contribution in [2.24, 2.45) is 5.92 Å². The van der Waals surface area contributed by atoms with Crippen LogP contribution in [0.5, 0.6) is 0 Å². The molecule has 0 atom stereocenters. The minimum atomic E-state index is 0.311. The summed E-state index contributed by atoms with van der Waals surface area (Å²) in [5.41, 5.74) is 2.47. The van der Waals surface area contributed by atoms with E-state index < -0.39 is 0 Å². The standard InChI is InChI=1S/C12H16ClNO/c1-9-2-10(4-12(13)3-9)5-14-6-11(7-14)8-15/h2-4,11,15H,5-8H2,1H3. The fourth-order valence-corrected chi connectivity index (χ4v) is 2.40. The molecule has 3 heteroatoms. The van der Waals surface area contributed by atoms with Gasteiger partial charge < -0.3 is 5.11 Å². The van der Waals surface area contributed by atoms with Gasteiger partial charge in [-0.3, -0.25) is 4.90 Å². The van der Waals surface area contributed by atoms with E-state index in [2.05, 4.69) is 17.9 Å². The first-order chi connectivity index (χ1) is 7.17. The lowest BCUT2D eigenvalue weighted by atomic mass is 10.00. The van der Waals surface area contributed by atoms with Gasteiger partial charge in [0.05, 0.1) is 0 Å². The SMILES string of the molecule is Cc1cc(Cl)cc(CN2CC(CO)C2)c1. The molecular formula is C12H16ClNO. The predicted octanol–water partition coefficient (Wildman–Crippen LogP) is 2.07. The van der Waals surface area contributed by atoms with Gasteiger partial charge in [0, 0.05) is 37.2 Å². The maximum Gasteiger partial charge on any atom is 0.0483 e. The van der Waals surface area contributed by atoms with E-state index in [0.29, 0.717) is 12.5 Å². The first-order valence-corrected chi connectivity index (χ1v) is 5.64. The number of aliphatic hydroxyl groups is 1. The lowest BCUT2D eigenvalue weighted by Gasteiger charge is -2.38. The molecule has 0 aliphatic carbocycles. The third-order valence-electron chi connectivity index (χ3n) is 2.80. The van der Waals surface area contributed by atoms with Crippen LogP contribution in [0, 0.1) is 12.8 Å². The lowest BCUT2D eigenvalue weighted by Crippen LogP contribution is -2.47. The molecule has 1 fully saturated rings. The smallest absolute Gasteiger partial charge is 0.0483 e. The maximum absolute atomic E-state index is 8.91. The number of likely N-dealkylation sites (tertiary alicyclic amines) is 1. The van der Waals surface area contributed by atoms with E-state index in [0.717, 1.165) is 24.7 Å². The Morgan fingerprint density at radius 1 is 1.40 bits per heavy atom. The van der Waals surface area contributed by atoms with Crippen LogP contribution in [0.4, 0.5) is 0 Å². The molecule has 1 saturated heterocycles. The summed E-state index contributed by atoms with van der Waals surface area (Å²) in [6.45, 7) is 5.31. The van der Waals surface area contributed by atoms with Crippen LogP contribution < -0.4 is 0 Å². The van der Waals surface area contributed by atoms with Crippen molar-refractivity contribution in [3.05, 3.63) is 34.3 Å². The highest BCUT2D eigenvalue weighted by molar-refractivity contribution is 6.30. The summed E-state index contributed by atoms with van der Waals surface area (Å²) in [6, 6.07) is 6.15. The van der Waals surface area contributed by atoms with Gasteiger partial charge in [0.1, 0.15) is 0 Å². The molecule has 0 aromatic heterocycles. The molecular weight excluding hydrogens is 210 g/mol. The Morgan fingerprint density at radius 3 is 2.73 bits per heavy atom. The second-order valence-electron chi connectivity index (χ2n) is 4.38. The monoisotopic (exact) mass is 225 g/mol. The molecule has 0 saturated carbocycles. The number of halogens is 1. The zero-order valence-electron chi connectivity index (χ0n) is 8.91. The van der Waals surface area contributed by atoms with Gasteiger partial charge >= 0.3 is 0 Å². The van der Waals surface area contributed by atoms with E-state index in [9.17, 15) is 0 Å². The quantitative estimate of drug-likeness (QED) is 0.852. The molecule has 1 N–H and O–H groups in total. The molecule has 1 heterocycles. The molecule has 0 radical (unpaired) electrons. The summed E-state index contributed by atoms with van der Waals surface area (Å²) in [7, 11) is 0. The van der Waals surface area contributed by atoms with Crippen LogP contribution in [-0.2, 0) is 6.54 Å². The van der Waals surface area contributed by atoms with Crippen molar-refractivity contribution in [2.45, 2.75) is 13.5 Å². The first kappa shape index (κ1) is 10.9. The largest absolute Gasteiger partial charge is 0.396 e. The molecule has 2 nitrogen and oxygen atoms in total. The average Bonchev–Trinajstić information content (AvgIpc) is 2.08. The molecule has 1 aromatic carbocycles. The minimum absolute atomic E-state index is 0.311. The number of hydrogen-bond acceptors (Lipinski definition) is 2. The molecule has 1 aliphatic heterocycles. The Balaban J connectivity index is 1.94. The van der Waals surface area contributed by atoms with Gasteiger partial charge in [-0.2, -0.15) is 0 Å². The zero-order valence-corrected chi connectivity index (χ0v) is 9.67. The number of nitrogens with zero attached hydrogens (tertiary/aromatic N) is 1. The molecule has 1 aromatic rings. The van der Waals surface area contributed by atoms with Crippen molar-refractivity contribution >= 4 is 11.6 Å². The van der Waals surface area contributed by atoms with Crippen LogP contribution >= 0.6 is 11.6 Å². The summed E-state index contributed by atoms with van der Waals surface area (Å²) in [4.78, 5) is 2.33. The van der Waals surface area contributed by atoms with E-state index in [1.807, 2.05) is 12.1 Å². The predicted molar refractivity (Wildman–Crippen MR) is 62.0 cm³/mol. The second kappa shape index (κ2) is 4.52. The summed E-state index contributed by atoms with van der Waals surface area (Å²) in [6.07, 6.45) is 0. The van der Waals surface area contributed by atoms with Crippen LogP contribution in [0.25, 0.3) is 0 Å². The van der Waals surface area contributed by atoms with Gasteiger partial charge in [-0.15, -0.1) is 0 Å². The van der Waals surface area contributed by atoms with Crippen LogP contribution in [0.15, 0.2) is 18.2 Å². The normalized spacial score (nSPS) is 17.8. The van der Waals surface area contributed by atoms with Crippen molar-refractivity contribution in [2.75, 3.05) is 19.7 Å². The fourth-order valence-electron chi connectivity index (χ4n) is 2.08. The lowest BCUT2D eigenvalue weighted by molar-refractivity contribution is 0.0479. The van der Waals surface area contributed by atoms with Crippen molar-refractivity contribution in [1.29, 1.82) is 0 Å². The van der Waals surface area contributed by atoms with Crippen molar-refractivity contribution in [3.63, 3.8) is 0 Å². The molecule has 0 unspecified atom stereocenters. The van der Waals surface area contributed by atoms with Gasteiger partial charge in [-0.25, -0.2) is 0 Å². The highest BCUT2D eigenvalue weighted by Gasteiger charge is 2.25. The Kier molecular flexibility index (Phi) is 3.29. The van der Waals surface area contributed by atoms with Crippen molar-refractivity contribution in [3.8, 4) is 0 Å². The van der Waals surface area contributed by atoms with Gasteiger partial charge in [0.25, 0.3) is 0 Å². The first-order valence-electron chi connectivity index (χ1n) is 5.26. The van der Waals surface area contributed by atoms with E-state index in [-0.39, 0.29) is 0 Å². The fraction of sp³-hybridized carbons (Fsp3) is 0.500. The molecule has 1 aliphatic rings. The minimum Gasteiger partial charge on any atom is -0.396 e. The van der Waals surface area contributed by atoms with Gasteiger partial charge in [-0.1, -0.05) is 17.7 Å². The molecule has 15 heavy (non-hydrogen) atoms.